The minimum absolute atomic E-state index is 0.0289. The van der Waals surface area contributed by atoms with E-state index in [1.165, 1.54) is 32.6 Å². The molecule has 0 amide bonds. The van der Waals surface area contributed by atoms with Crippen molar-refractivity contribution < 1.29 is 19.4 Å². The first kappa shape index (κ1) is 26.1. The van der Waals surface area contributed by atoms with E-state index in [2.05, 4.69) is 41.5 Å². The summed E-state index contributed by atoms with van der Waals surface area (Å²) in [7, 11) is 0. The number of aliphatic hydroxyl groups is 1. The monoisotopic (exact) mass is 384 g/mol. The zero-order valence-electron chi connectivity index (χ0n) is 18.7. The molecule has 4 nitrogen and oxygen atoms in total. The van der Waals surface area contributed by atoms with E-state index < -0.39 is 0 Å². The van der Waals surface area contributed by atoms with Gasteiger partial charge >= 0.3 is 0 Å². The van der Waals surface area contributed by atoms with Crippen molar-refractivity contribution in [3.63, 3.8) is 0 Å². The van der Waals surface area contributed by atoms with Gasteiger partial charge in [-0.3, -0.25) is 4.79 Å². The SMILES string of the molecule is CC1CCC(C(C)C)C(O)C1.CC1CCC(C(C)C)C(OC=O)C1.CC=O. The molecular formula is C23H44O4. The van der Waals surface area contributed by atoms with Gasteiger partial charge in [0.15, 0.2) is 0 Å². The highest BCUT2D eigenvalue weighted by Crippen LogP contribution is 2.35. The summed E-state index contributed by atoms with van der Waals surface area (Å²) in [5, 5.41) is 9.71. The van der Waals surface area contributed by atoms with Gasteiger partial charge in [-0.1, -0.05) is 54.4 Å². The molecule has 0 aromatic rings. The number of aliphatic hydroxyl groups excluding tert-OH is 1. The van der Waals surface area contributed by atoms with E-state index in [0.29, 0.717) is 36.1 Å². The summed E-state index contributed by atoms with van der Waals surface area (Å²) in [4.78, 5) is 19.1. The Morgan fingerprint density at radius 3 is 1.70 bits per heavy atom. The molecule has 27 heavy (non-hydrogen) atoms. The molecule has 160 valence electrons. The standard InChI is InChI=1S/C11H20O2.C10H20O.C2H4O/c1-8(2)10-5-4-9(3)6-11(10)13-7-12;1-7(2)9-5-4-8(3)6-10(9)11;1-2-3/h7-11H,4-6H2,1-3H3;7-11H,4-6H2,1-3H3;2H,1H3. The van der Waals surface area contributed by atoms with Crippen molar-refractivity contribution in [3.05, 3.63) is 0 Å². The molecule has 2 rings (SSSR count). The second-order valence-electron chi connectivity index (χ2n) is 9.23. The Labute approximate surface area is 167 Å². The first-order valence-electron chi connectivity index (χ1n) is 10.8. The van der Waals surface area contributed by atoms with Crippen molar-refractivity contribution in [3.8, 4) is 0 Å². The first-order chi connectivity index (χ1) is 12.7. The molecule has 6 unspecified atom stereocenters. The van der Waals surface area contributed by atoms with E-state index in [0.717, 1.165) is 25.0 Å². The Morgan fingerprint density at radius 2 is 1.30 bits per heavy atom. The minimum Gasteiger partial charge on any atom is -0.464 e. The van der Waals surface area contributed by atoms with Crippen LogP contribution in [-0.4, -0.2) is 30.1 Å². The number of aldehydes is 1. The third-order valence-electron chi connectivity index (χ3n) is 6.18. The van der Waals surface area contributed by atoms with Crippen molar-refractivity contribution in [2.45, 2.75) is 99.2 Å². The molecule has 1 N–H and O–H groups in total. The molecule has 0 heterocycles. The lowest BCUT2D eigenvalue weighted by molar-refractivity contribution is -0.140. The van der Waals surface area contributed by atoms with Crippen molar-refractivity contribution in [2.75, 3.05) is 0 Å². The van der Waals surface area contributed by atoms with Crippen molar-refractivity contribution in [1.82, 2.24) is 0 Å². The lowest BCUT2D eigenvalue weighted by atomic mass is 9.75. The number of hydrogen-bond donors (Lipinski definition) is 1. The zero-order valence-corrected chi connectivity index (χ0v) is 18.7. The fourth-order valence-corrected chi connectivity index (χ4v) is 4.49. The van der Waals surface area contributed by atoms with E-state index >= 15 is 0 Å². The number of carbonyl (C=O) groups excluding carboxylic acids is 2. The third kappa shape index (κ3) is 10.3. The lowest BCUT2D eigenvalue weighted by Crippen LogP contribution is -2.33. The summed E-state index contributed by atoms with van der Waals surface area (Å²) in [5.74, 6) is 3.85. The molecule has 0 spiro atoms. The second kappa shape index (κ2) is 14.1. The lowest BCUT2D eigenvalue weighted by Gasteiger charge is -2.35. The van der Waals surface area contributed by atoms with Crippen molar-refractivity contribution >= 4 is 12.8 Å². The summed E-state index contributed by atoms with van der Waals surface area (Å²) in [6, 6.07) is 0. The molecule has 2 aliphatic carbocycles. The van der Waals surface area contributed by atoms with Crippen LogP contribution in [0.15, 0.2) is 0 Å². The molecule has 2 fully saturated rings. The minimum atomic E-state index is -0.0289. The van der Waals surface area contributed by atoms with Crippen LogP contribution in [0.2, 0.25) is 0 Å². The van der Waals surface area contributed by atoms with Crippen molar-refractivity contribution in [2.24, 2.45) is 35.5 Å². The predicted octanol–water partition coefficient (Wildman–Crippen LogP) is 5.26. The van der Waals surface area contributed by atoms with Gasteiger partial charge in [-0.15, -0.1) is 0 Å². The smallest absolute Gasteiger partial charge is 0.293 e. The maximum absolute atomic E-state index is 10.3. The van der Waals surface area contributed by atoms with Crippen LogP contribution < -0.4 is 0 Å². The molecule has 0 saturated heterocycles. The number of hydrogen-bond acceptors (Lipinski definition) is 4. The molecule has 0 bridgehead atoms. The maximum Gasteiger partial charge on any atom is 0.293 e. The van der Waals surface area contributed by atoms with Gasteiger partial charge in [0.25, 0.3) is 6.47 Å². The quantitative estimate of drug-likeness (QED) is 0.671. The molecule has 4 heteroatoms. The summed E-state index contributed by atoms with van der Waals surface area (Å²) < 4.78 is 5.15. The van der Waals surface area contributed by atoms with Crippen LogP contribution in [0.4, 0.5) is 0 Å². The van der Waals surface area contributed by atoms with Gasteiger partial charge in [0.2, 0.25) is 0 Å². The fourth-order valence-electron chi connectivity index (χ4n) is 4.49. The average molecular weight is 385 g/mol. The molecular weight excluding hydrogens is 340 g/mol. The molecule has 2 aliphatic rings. The van der Waals surface area contributed by atoms with Crippen LogP contribution in [0.3, 0.4) is 0 Å². The highest BCUT2D eigenvalue weighted by atomic mass is 16.5. The molecule has 0 aromatic heterocycles. The van der Waals surface area contributed by atoms with Crippen LogP contribution in [0.25, 0.3) is 0 Å². The Balaban J connectivity index is 0.000000442. The normalized spacial score (nSPS) is 33.3. The Kier molecular flexibility index (Phi) is 13.7. The van der Waals surface area contributed by atoms with E-state index in [-0.39, 0.29) is 12.2 Å². The van der Waals surface area contributed by atoms with Crippen LogP contribution >= 0.6 is 0 Å². The topological polar surface area (TPSA) is 63.6 Å². The van der Waals surface area contributed by atoms with E-state index in [4.69, 9.17) is 9.53 Å². The molecule has 2 saturated carbocycles. The third-order valence-corrected chi connectivity index (χ3v) is 6.18. The zero-order chi connectivity index (χ0) is 21.0. The highest BCUT2D eigenvalue weighted by molar-refractivity contribution is 5.44. The summed E-state index contributed by atoms with van der Waals surface area (Å²) in [5.41, 5.74) is 0. The van der Waals surface area contributed by atoms with Crippen LogP contribution in [0, 0.1) is 35.5 Å². The average Bonchev–Trinajstić information content (AvgIpc) is 2.56. The molecule has 6 atom stereocenters. The summed E-state index contributed by atoms with van der Waals surface area (Å²) in [6.45, 7) is 15.4. The molecule has 0 aliphatic heterocycles. The van der Waals surface area contributed by atoms with Crippen LogP contribution in [0.1, 0.15) is 87.0 Å². The van der Waals surface area contributed by atoms with E-state index in [1.807, 2.05) is 0 Å². The Hall–Kier alpha value is -0.900. The van der Waals surface area contributed by atoms with Gasteiger partial charge in [-0.05, 0) is 68.1 Å². The van der Waals surface area contributed by atoms with Gasteiger partial charge in [0.05, 0.1) is 6.10 Å². The van der Waals surface area contributed by atoms with Gasteiger partial charge in [0, 0.05) is 0 Å². The maximum atomic E-state index is 10.3. The van der Waals surface area contributed by atoms with E-state index in [1.54, 1.807) is 0 Å². The van der Waals surface area contributed by atoms with Gasteiger partial charge < -0.3 is 14.6 Å². The van der Waals surface area contributed by atoms with Gasteiger partial charge in [0.1, 0.15) is 12.4 Å². The number of ether oxygens (including phenoxy) is 1. The first-order valence-corrected chi connectivity index (χ1v) is 10.8. The number of rotatable bonds is 4. The van der Waals surface area contributed by atoms with Gasteiger partial charge in [-0.25, -0.2) is 0 Å². The van der Waals surface area contributed by atoms with E-state index in [9.17, 15) is 9.90 Å². The van der Waals surface area contributed by atoms with Crippen LogP contribution in [-0.2, 0) is 14.3 Å². The van der Waals surface area contributed by atoms with Gasteiger partial charge in [-0.2, -0.15) is 0 Å². The number of carbonyl (C=O) groups is 2. The Bertz CT molecular complexity index is 394. The summed E-state index contributed by atoms with van der Waals surface area (Å²) >= 11 is 0. The highest BCUT2D eigenvalue weighted by Gasteiger charge is 2.31. The fraction of sp³-hybridized carbons (Fsp3) is 0.913. The van der Waals surface area contributed by atoms with Crippen molar-refractivity contribution in [1.29, 1.82) is 0 Å². The Morgan fingerprint density at radius 1 is 0.852 bits per heavy atom. The molecule has 0 radical (unpaired) electrons. The summed E-state index contributed by atoms with van der Waals surface area (Å²) in [6.07, 6.45) is 7.96. The largest absolute Gasteiger partial charge is 0.464 e. The second-order valence-corrected chi connectivity index (χ2v) is 9.23. The van der Waals surface area contributed by atoms with Crippen LogP contribution in [0.5, 0.6) is 0 Å². The predicted molar refractivity (Wildman–Crippen MR) is 111 cm³/mol. The molecule has 0 aromatic carbocycles.